The fraction of sp³-hybridized carbons (Fsp3) is 0.318. The molecule has 0 unspecified atom stereocenters. The first-order chi connectivity index (χ1) is 14.6. The summed E-state index contributed by atoms with van der Waals surface area (Å²) in [4.78, 5) is 23.5. The quantitative estimate of drug-likeness (QED) is 0.642. The summed E-state index contributed by atoms with van der Waals surface area (Å²) in [5, 5.41) is 0. The van der Waals surface area contributed by atoms with Crippen LogP contribution in [-0.4, -0.2) is 48.5 Å². The molecule has 1 atom stereocenters. The third-order valence-electron chi connectivity index (χ3n) is 5.22. The van der Waals surface area contributed by atoms with Crippen molar-refractivity contribution in [3.8, 4) is 22.8 Å². The van der Waals surface area contributed by atoms with Crippen LogP contribution >= 0.6 is 0 Å². The smallest absolute Gasteiger partial charge is 0.255 e. The number of benzene rings is 1. The van der Waals surface area contributed by atoms with Gasteiger partial charge in [-0.15, -0.1) is 0 Å². The van der Waals surface area contributed by atoms with E-state index in [4.69, 9.17) is 19.2 Å². The van der Waals surface area contributed by atoms with Crippen molar-refractivity contribution in [3.63, 3.8) is 0 Å². The topological polar surface area (TPSA) is 78.7 Å². The molecule has 1 fully saturated rings. The van der Waals surface area contributed by atoms with E-state index in [0.29, 0.717) is 37.1 Å². The van der Waals surface area contributed by atoms with Gasteiger partial charge in [0, 0.05) is 49.2 Å². The van der Waals surface area contributed by atoms with Crippen LogP contribution in [0.2, 0.25) is 0 Å². The van der Waals surface area contributed by atoms with Crippen molar-refractivity contribution in [1.29, 1.82) is 0 Å². The molecule has 0 N–H and O–H groups in total. The Morgan fingerprint density at radius 3 is 2.63 bits per heavy atom. The van der Waals surface area contributed by atoms with Crippen molar-refractivity contribution < 1.29 is 14.2 Å². The van der Waals surface area contributed by atoms with Gasteiger partial charge in [0.25, 0.3) is 5.56 Å². The Morgan fingerprint density at radius 2 is 1.90 bits per heavy atom. The van der Waals surface area contributed by atoms with Crippen LogP contribution in [0.4, 0.5) is 5.95 Å². The molecular formula is C22H24N4O4. The van der Waals surface area contributed by atoms with E-state index in [0.717, 1.165) is 16.9 Å². The first kappa shape index (κ1) is 19.9. The van der Waals surface area contributed by atoms with Crippen LogP contribution in [0.25, 0.3) is 11.3 Å². The number of nitrogens with zero attached hydrogens (tertiary/aromatic N) is 4. The fourth-order valence-electron chi connectivity index (χ4n) is 3.58. The molecule has 1 aliphatic heterocycles. The summed E-state index contributed by atoms with van der Waals surface area (Å²) >= 11 is 0. The molecule has 0 aliphatic carbocycles. The van der Waals surface area contributed by atoms with Crippen molar-refractivity contribution in [2.24, 2.45) is 7.05 Å². The average molecular weight is 408 g/mol. The van der Waals surface area contributed by atoms with Gasteiger partial charge in [-0.1, -0.05) is 0 Å². The molecule has 0 radical (unpaired) electrons. The van der Waals surface area contributed by atoms with Crippen LogP contribution in [0.5, 0.6) is 11.5 Å². The third-order valence-corrected chi connectivity index (χ3v) is 5.22. The van der Waals surface area contributed by atoms with Crippen molar-refractivity contribution in [2.45, 2.75) is 6.10 Å². The number of aromatic nitrogens is 3. The zero-order valence-corrected chi connectivity index (χ0v) is 17.2. The molecule has 0 spiro atoms. The zero-order chi connectivity index (χ0) is 21.1. The molecule has 30 heavy (non-hydrogen) atoms. The first-order valence-electron chi connectivity index (χ1n) is 9.67. The van der Waals surface area contributed by atoms with Crippen molar-refractivity contribution in [2.75, 3.05) is 38.8 Å². The van der Waals surface area contributed by atoms with E-state index in [-0.39, 0.29) is 11.7 Å². The maximum absolute atomic E-state index is 12.6. The van der Waals surface area contributed by atoms with Crippen LogP contribution in [-0.2, 0) is 11.8 Å². The zero-order valence-electron chi connectivity index (χ0n) is 17.2. The first-order valence-corrected chi connectivity index (χ1v) is 9.67. The minimum atomic E-state index is -0.221. The SMILES string of the molecule is COc1ccc([C@H]2CN(c3nc(-c4ccncc4)cc(=O)n3C)CCO2)c(OC)c1. The molecule has 0 amide bonds. The second-order valence-electron chi connectivity index (χ2n) is 6.99. The van der Waals surface area contributed by atoms with E-state index in [1.165, 1.54) is 0 Å². The predicted octanol–water partition coefficient (Wildman–Crippen LogP) is 2.44. The van der Waals surface area contributed by atoms with E-state index < -0.39 is 0 Å². The highest BCUT2D eigenvalue weighted by Crippen LogP contribution is 2.34. The molecule has 4 rings (SSSR count). The summed E-state index contributed by atoms with van der Waals surface area (Å²) in [5.41, 5.74) is 2.29. The number of morpholine rings is 1. The molecule has 156 valence electrons. The third kappa shape index (κ3) is 3.86. The monoisotopic (exact) mass is 408 g/mol. The number of hydrogen-bond acceptors (Lipinski definition) is 7. The molecule has 8 nitrogen and oxygen atoms in total. The van der Waals surface area contributed by atoms with Gasteiger partial charge >= 0.3 is 0 Å². The number of methoxy groups -OCH3 is 2. The van der Waals surface area contributed by atoms with Crippen LogP contribution < -0.4 is 19.9 Å². The van der Waals surface area contributed by atoms with Crippen LogP contribution in [0.1, 0.15) is 11.7 Å². The highest BCUT2D eigenvalue weighted by molar-refractivity contribution is 5.59. The lowest BCUT2D eigenvalue weighted by Crippen LogP contribution is -2.41. The van der Waals surface area contributed by atoms with E-state index >= 15 is 0 Å². The Kier molecular flexibility index (Phi) is 5.67. The molecule has 3 aromatic rings. The summed E-state index contributed by atoms with van der Waals surface area (Å²) in [7, 11) is 4.98. The van der Waals surface area contributed by atoms with E-state index in [9.17, 15) is 4.79 Å². The van der Waals surface area contributed by atoms with E-state index in [1.807, 2.05) is 30.3 Å². The standard InChI is InChI=1S/C22H24N4O4/c1-25-21(27)13-18(15-6-8-23-9-7-15)24-22(25)26-10-11-30-20(14-26)17-5-4-16(28-2)12-19(17)29-3/h4-9,12-13,20H,10-11,14H2,1-3H3/t20-/m1/s1. The predicted molar refractivity (Wildman–Crippen MR) is 113 cm³/mol. The highest BCUT2D eigenvalue weighted by Gasteiger charge is 2.27. The van der Waals surface area contributed by atoms with Gasteiger partial charge in [-0.3, -0.25) is 14.3 Å². The average Bonchev–Trinajstić information content (AvgIpc) is 2.81. The second kappa shape index (κ2) is 8.54. The number of anilines is 1. The Hall–Kier alpha value is -3.39. The van der Waals surface area contributed by atoms with Gasteiger partial charge in [0.05, 0.1) is 33.1 Å². The Bertz CT molecular complexity index is 1080. The summed E-state index contributed by atoms with van der Waals surface area (Å²) in [6.07, 6.45) is 3.16. The van der Waals surface area contributed by atoms with Crippen molar-refractivity contribution >= 4 is 5.95 Å². The summed E-state index contributed by atoms with van der Waals surface area (Å²) in [5.74, 6) is 2.03. The molecule has 1 aromatic carbocycles. The maximum Gasteiger partial charge on any atom is 0.255 e. The molecule has 8 heteroatoms. The Balaban J connectivity index is 1.67. The van der Waals surface area contributed by atoms with E-state index in [1.54, 1.807) is 44.3 Å². The number of hydrogen-bond donors (Lipinski definition) is 0. The summed E-state index contributed by atoms with van der Waals surface area (Å²) < 4.78 is 18.4. The van der Waals surface area contributed by atoms with Gasteiger partial charge in [0.15, 0.2) is 0 Å². The second-order valence-corrected chi connectivity index (χ2v) is 6.99. The normalized spacial score (nSPS) is 16.4. The Labute approximate surface area is 174 Å². The van der Waals surface area contributed by atoms with Crippen LogP contribution in [0.3, 0.4) is 0 Å². The van der Waals surface area contributed by atoms with Crippen LogP contribution in [0.15, 0.2) is 53.6 Å². The number of pyridine rings is 1. The van der Waals surface area contributed by atoms with E-state index in [2.05, 4.69) is 9.88 Å². The fourth-order valence-corrected chi connectivity index (χ4v) is 3.58. The largest absolute Gasteiger partial charge is 0.497 e. The Morgan fingerprint density at radius 1 is 1.10 bits per heavy atom. The molecule has 1 saturated heterocycles. The van der Waals surface area contributed by atoms with Gasteiger partial charge in [-0.2, -0.15) is 0 Å². The maximum atomic E-state index is 12.6. The highest BCUT2D eigenvalue weighted by atomic mass is 16.5. The van der Waals surface area contributed by atoms with Gasteiger partial charge in [0.1, 0.15) is 17.6 Å². The minimum absolute atomic E-state index is 0.114. The van der Waals surface area contributed by atoms with Crippen LogP contribution in [0, 0.1) is 0 Å². The number of rotatable bonds is 5. The summed E-state index contributed by atoms with van der Waals surface area (Å²) in [6.45, 7) is 1.69. The lowest BCUT2D eigenvalue weighted by atomic mass is 10.1. The number of ether oxygens (including phenoxy) is 3. The summed E-state index contributed by atoms with van der Waals surface area (Å²) in [6, 6.07) is 10.9. The molecule has 1 aliphatic rings. The molecule has 3 heterocycles. The van der Waals surface area contributed by atoms with Crippen molar-refractivity contribution in [3.05, 3.63) is 64.7 Å². The lowest BCUT2D eigenvalue weighted by molar-refractivity contribution is 0.0374. The minimum Gasteiger partial charge on any atom is -0.497 e. The van der Waals surface area contributed by atoms with Gasteiger partial charge in [-0.25, -0.2) is 4.98 Å². The van der Waals surface area contributed by atoms with Gasteiger partial charge < -0.3 is 19.1 Å². The van der Waals surface area contributed by atoms with Gasteiger partial charge in [-0.05, 0) is 24.3 Å². The van der Waals surface area contributed by atoms with Crippen molar-refractivity contribution in [1.82, 2.24) is 14.5 Å². The molecule has 2 aromatic heterocycles. The molecule has 0 saturated carbocycles. The molecular weight excluding hydrogens is 384 g/mol. The van der Waals surface area contributed by atoms with Gasteiger partial charge in [0.2, 0.25) is 5.95 Å². The molecule has 0 bridgehead atoms. The lowest BCUT2D eigenvalue weighted by Gasteiger charge is -2.35.